The topological polar surface area (TPSA) is 21.3 Å². The van der Waals surface area contributed by atoms with E-state index in [1.54, 1.807) is 7.11 Å². The van der Waals surface area contributed by atoms with Crippen molar-refractivity contribution in [1.29, 1.82) is 0 Å². The van der Waals surface area contributed by atoms with Gasteiger partial charge in [0, 0.05) is 23.7 Å². The summed E-state index contributed by atoms with van der Waals surface area (Å²) in [5.41, 5.74) is 1.29. The van der Waals surface area contributed by atoms with Crippen LogP contribution in [0, 0.1) is 0 Å². The van der Waals surface area contributed by atoms with E-state index >= 15 is 0 Å². The molecule has 2 nitrogen and oxygen atoms in total. The van der Waals surface area contributed by atoms with Crippen LogP contribution in [-0.4, -0.2) is 19.3 Å². The molecule has 0 aliphatic heterocycles. The Kier molecular flexibility index (Phi) is 5.46. The van der Waals surface area contributed by atoms with E-state index < -0.39 is 0 Å². The van der Waals surface area contributed by atoms with Crippen LogP contribution in [0.5, 0.6) is 0 Å². The van der Waals surface area contributed by atoms with Gasteiger partial charge in [-0.1, -0.05) is 28.1 Å². The second-order valence-electron chi connectivity index (χ2n) is 4.17. The molecule has 0 aliphatic rings. The molecule has 3 heteroatoms. The number of ether oxygens (including phenoxy) is 1. The average Bonchev–Trinajstić information content (AvgIpc) is 2.28. The minimum atomic E-state index is 0.220. The lowest BCUT2D eigenvalue weighted by atomic mass is 10.1. The number of rotatable bonds is 5. The zero-order valence-electron chi connectivity index (χ0n) is 10.3. The van der Waals surface area contributed by atoms with Crippen molar-refractivity contribution in [2.75, 3.05) is 7.11 Å². The van der Waals surface area contributed by atoms with Crippen molar-refractivity contribution in [3.05, 3.63) is 34.3 Å². The summed E-state index contributed by atoms with van der Waals surface area (Å²) in [6.45, 7) is 6.39. The third-order valence-electron chi connectivity index (χ3n) is 2.96. The Morgan fingerprint density at radius 2 is 1.69 bits per heavy atom. The Morgan fingerprint density at radius 1 is 1.12 bits per heavy atom. The van der Waals surface area contributed by atoms with E-state index in [1.807, 2.05) is 0 Å². The molecule has 1 aromatic carbocycles. The van der Waals surface area contributed by atoms with Gasteiger partial charge in [0.1, 0.15) is 0 Å². The molecule has 0 saturated heterocycles. The van der Waals surface area contributed by atoms with Crippen molar-refractivity contribution in [2.24, 2.45) is 0 Å². The fourth-order valence-electron chi connectivity index (χ4n) is 1.58. The summed E-state index contributed by atoms with van der Waals surface area (Å²) in [6.07, 6.45) is 0.220. The summed E-state index contributed by atoms with van der Waals surface area (Å²) in [5.74, 6) is 0. The quantitative estimate of drug-likeness (QED) is 0.894. The van der Waals surface area contributed by atoms with Crippen LogP contribution in [0.2, 0.25) is 0 Å². The summed E-state index contributed by atoms with van der Waals surface area (Å²) in [4.78, 5) is 0. The summed E-state index contributed by atoms with van der Waals surface area (Å²) in [6, 6.07) is 9.07. The van der Waals surface area contributed by atoms with Crippen molar-refractivity contribution in [1.82, 2.24) is 5.32 Å². The molecule has 0 radical (unpaired) electrons. The number of methoxy groups -OCH3 is 1. The lowest BCUT2D eigenvalue weighted by Crippen LogP contribution is -2.38. The van der Waals surface area contributed by atoms with Gasteiger partial charge in [0.05, 0.1) is 6.10 Å². The maximum Gasteiger partial charge on any atom is 0.0693 e. The largest absolute Gasteiger partial charge is 0.380 e. The van der Waals surface area contributed by atoms with Crippen LogP contribution < -0.4 is 5.32 Å². The Bertz CT molecular complexity index is 312. The standard InChI is InChI=1S/C13H20BrNO/c1-9(11(3)16-4)15-10(2)12-5-7-13(14)8-6-12/h5-11,15H,1-4H3/t9?,10-,11?/m0/s1. The third-order valence-corrected chi connectivity index (χ3v) is 3.49. The van der Waals surface area contributed by atoms with Gasteiger partial charge in [0.25, 0.3) is 0 Å². The predicted octanol–water partition coefficient (Wildman–Crippen LogP) is 3.52. The smallest absolute Gasteiger partial charge is 0.0693 e. The van der Waals surface area contributed by atoms with Crippen LogP contribution in [-0.2, 0) is 4.74 Å². The predicted molar refractivity (Wildman–Crippen MR) is 71.6 cm³/mol. The van der Waals surface area contributed by atoms with Gasteiger partial charge in [-0.2, -0.15) is 0 Å². The Morgan fingerprint density at radius 3 is 2.19 bits per heavy atom. The minimum Gasteiger partial charge on any atom is -0.380 e. The minimum absolute atomic E-state index is 0.220. The highest BCUT2D eigenvalue weighted by Gasteiger charge is 2.14. The number of hydrogen-bond donors (Lipinski definition) is 1. The van der Waals surface area contributed by atoms with Gasteiger partial charge in [0.2, 0.25) is 0 Å². The molecule has 0 heterocycles. The van der Waals surface area contributed by atoms with E-state index in [-0.39, 0.29) is 6.10 Å². The molecular weight excluding hydrogens is 266 g/mol. The van der Waals surface area contributed by atoms with E-state index in [4.69, 9.17) is 4.74 Å². The molecule has 0 bridgehead atoms. The van der Waals surface area contributed by atoms with Crippen molar-refractivity contribution in [3.8, 4) is 0 Å². The van der Waals surface area contributed by atoms with Gasteiger partial charge in [-0.15, -0.1) is 0 Å². The molecule has 2 unspecified atom stereocenters. The Labute approximate surface area is 107 Å². The normalized spacial score (nSPS) is 16.8. The molecule has 0 aromatic heterocycles. The molecular formula is C13H20BrNO. The molecule has 3 atom stereocenters. The molecule has 0 spiro atoms. The molecule has 0 fully saturated rings. The molecule has 1 aromatic rings. The SMILES string of the molecule is COC(C)C(C)N[C@@H](C)c1ccc(Br)cc1. The van der Waals surface area contributed by atoms with Crippen LogP contribution in [0.1, 0.15) is 32.4 Å². The second-order valence-corrected chi connectivity index (χ2v) is 5.09. The summed E-state index contributed by atoms with van der Waals surface area (Å²) in [5, 5.41) is 3.53. The first-order chi connectivity index (χ1) is 7.54. The molecule has 16 heavy (non-hydrogen) atoms. The van der Waals surface area contributed by atoms with Crippen LogP contribution in [0.4, 0.5) is 0 Å². The van der Waals surface area contributed by atoms with E-state index in [0.29, 0.717) is 12.1 Å². The highest BCUT2D eigenvalue weighted by molar-refractivity contribution is 9.10. The van der Waals surface area contributed by atoms with Crippen LogP contribution in [0.3, 0.4) is 0 Å². The van der Waals surface area contributed by atoms with Gasteiger partial charge < -0.3 is 10.1 Å². The van der Waals surface area contributed by atoms with Crippen molar-refractivity contribution >= 4 is 15.9 Å². The van der Waals surface area contributed by atoms with Crippen LogP contribution >= 0.6 is 15.9 Å². The molecule has 0 aliphatic carbocycles. The first-order valence-electron chi connectivity index (χ1n) is 5.59. The van der Waals surface area contributed by atoms with Crippen LogP contribution in [0.15, 0.2) is 28.7 Å². The zero-order chi connectivity index (χ0) is 12.1. The number of benzene rings is 1. The van der Waals surface area contributed by atoms with Gasteiger partial charge >= 0.3 is 0 Å². The van der Waals surface area contributed by atoms with E-state index in [0.717, 1.165) is 4.47 Å². The number of halogens is 1. The first kappa shape index (κ1) is 13.7. The maximum absolute atomic E-state index is 5.30. The summed E-state index contributed by atoms with van der Waals surface area (Å²) < 4.78 is 6.41. The Balaban J connectivity index is 2.58. The van der Waals surface area contributed by atoms with E-state index in [2.05, 4.69) is 66.3 Å². The summed E-state index contributed by atoms with van der Waals surface area (Å²) in [7, 11) is 1.74. The molecule has 0 amide bonds. The fraction of sp³-hybridized carbons (Fsp3) is 0.538. The molecule has 90 valence electrons. The zero-order valence-corrected chi connectivity index (χ0v) is 11.9. The monoisotopic (exact) mass is 285 g/mol. The lowest BCUT2D eigenvalue weighted by Gasteiger charge is -2.24. The average molecular weight is 286 g/mol. The molecule has 1 N–H and O–H groups in total. The van der Waals surface area contributed by atoms with E-state index in [1.165, 1.54) is 5.56 Å². The molecule has 1 rings (SSSR count). The fourth-order valence-corrected chi connectivity index (χ4v) is 1.85. The first-order valence-corrected chi connectivity index (χ1v) is 6.38. The lowest BCUT2D eigenvalue weighted by molar-refractivity contribution is 0.0852. The highest BCUT2D eigenvalue weighted by atomic mass is 79.9. The van der Waals surface area contributed by atoms with E-state index in [9.17, 15) is 0 Å². The third kappa shape index (κ3) is 3.89. The van der Waals surface area contributed by atoms with Crippen molar-refractivity contribution < 1.29 is 4.74 Å². The van der Waals surface area contributed by atoms with Gasteiger partial charge in [-0.3, -0.25) is 0 Å². The second kappa shape index (κ2) is 6.38. The van der Waals surface area contributed by atoms with Crippen LogP contribution in [0.25, 0.3) is 0 Å². The van der Waals surface area contributed by atoms with Gasteiger partial charge in [0.15, 0.2) is 0 Å². The maximum atomic E-state index is 5.30. The van der Waals surface area contributed by atoms with Crippen molar-refractivity contribution in [2.45, 2.75) is 39.0 Å². The number of nitrogens with one attached hydrogen (secondary N) is 1. The van der Waals surface area contributed by atoms with Gasteiger partial charge in [-0.05, 0) is 38.5 Å². The molecule has 0 saturated carbocycles. The van der Waals surface area contributed by atoms with Gasteiger partial charge in [-0.25, -0.2) is 0 Å². The van der Waals surface area contributed by atoms with Crippen molar-refractivity contribution in [3.63, 3.8) is 0 Å². The highest BCUT2D eigenvalue weighted by Crippen LogP contribution is 2.17. The Hall–Kier alpha value is -0.380. The summed E-state index contributed by atoms with van der Waals surface area (Å²) >= 11 is 3.44. The number of hydrogen-bond acceptors (Lipinski definition) is 2.